The van der Waals surface area contributed by atoms with E-state index >= 15 is 0 Å². The van der Waals surface area contributed by atoms with Crippen molar-refractivity contribution in [2.24, 2.45) is 4.99 Å². The first-order valence-electron chi connectivity index (χ1n) is 7.14. The molecule has 4 rings (SSSR count). The Hall–Kier alpha value is -2.70. The molecule has 0 atom stereocenters. The minimum Gasteiger partial charge on any atom is -0.285 e. The molecular weight excluding hydrogens is 300 g/mol. The lowest BCUT2D eigenvalue weighted by Crippen LogP contribution is -2.44. The summed E-state index contributed by atoms with van der Waals surface area (Å²) in [6.45, 7) is 2.80. The van der Waals surface area contributed by atoms with E-state index in [1.165, 1.54) is 20.0 Å². The number of hydrogen-bond acceptors (Lipinski definition) is 4. The predicted molar refractivity (Wildman–Crippen MR) is 81.7 cm³/mol. The minimum absolute atomic E-state index is 0.124. The van der Waals surface area contributed by atoms with E-state index in [1.54, 1.807) is 6.20 Å². The lowest BCUT2D eigenvalue weighted by atomic mass is 9.86. The van der Waals surface area contributed by atoms with E-state index in [1.807, 2.05) is 24.3 Å². The van der Waals surface area contributed by atoms with Crippen molar-refractivity contribution in [3.05, 3.63) is 53.6 Å². The second kappa shape index (κ2) is 4.41. The van der Waals surface area contributed by atoms with Gasteiger partial charge in [-0.15, -0.1) is 0 Å². The highest BCUT2D eigenvalue weighted by atomic mass is 19.3. The van der Waals surface area contributed by atoms with Gasteiger partial charge in [-0.25, -0.2) is 4.98 Å². The summed E-state index contributed by atoms with van der Waals surface area (Å²) in [6, 6.07) is 7.37. The Morgan fingerprint density at radius 2 is 1.83 bits per heavy atom. The number of nitrogens with zero attached hydrogens (tertiary/aromatic N) is 4. The molecule has 1 aliphatic heterocycles. The summed E-state index contributed by atoms with van der Waals surface area (Å²) in [4.78, 5) is 13.1. The molecule has 5 nitrogen and oxygen atoms in total. The number of benzene rings is 1. The zero-order chi connectivity index (χ0) is 16.2. The van der Waals surface area contributed by atoms with Gasteiger partial charge in [0.2, 0.25) is 0 Å². The molecule has 0 amide bonds. The molecule has 0 fully saturated rings. The Morgan fingerprint density at radius 3 is 2.61 bits per heavy atom. The summed E-state index contributed by atoms with van der Waals surface area (Å²) in [5, 5.41) is 6.46. The van der Waals surface area contributed by atoms with Crippen molar-refractivity contribution in [3.8, 4) is 0 Å². The van der Waals surface area contributed by atoms with Crippen LogP contribution in [0.5, 0.6) is 0 Å². The second-order valence-electron chi connectivity index (χ2n) is 5.99. The molecule has 0 bridgehead atoms. The van der Waals surface area contributed by atoms with Crippen LogP contribution in [0.2, 0.25) is 0 Å². The Morgan fingerprint density at radius 1 is 1.09 bits per heavy atom. The molecule has 3 heterocycles. The van der Waals surface area contributed by atoms with Crippen LogP contribution in [0.1, 0.15) is 30.8 Å². The number of aliphatic imine (C=N–C) groups is 1. The summed E-state index contributed by atoms with van der Waals surface area (Å²) in [7, 11) is 0. The molecular formula is C16H13F2N5. The summed E-state index contributed by atoms with van der Waals surface area (Å²) in [6.07, 6.45) is 2.76. The van der Waals surface area contributed by atoms with Gasteiger partial charge in [0.1, 0.15) is 22.6 Å². The van der Waals surface area contributed by atoms with Gasteiger partial charge in [0.15, 0.2) is 0 Å². The molecule has 1 aliphatic rings. The van der Waals surface area contributed by atoms with E-state index in [4.69, 9.17) is 0 Å². The Bertz CT molecular complexity index is 942. The number of alkyl halides is 2. The molecule has 0 saturated carbocycles. The quantitative estimate of drug-likeness (QED) is 0.751. The molecule has 0 saturated heterocycles. The van der Waals surface area contributed by atoms with Gasteiger partial charge in [-0.05, 0) is 26.0 Å². The highest BCUT2D eigenvalue weighted by Gasteiger charge is 2.54. The van der Waals surface area contributed by atoms with Crippen LogP contribution in [0.3, 0.4) is 0 Å². The maximum atomic E-state index is 14.5. The normalized spacial score (nSPS) is 18.5. The topological polar surface area (TPSA) is 66.8 Å². The third-order valence-corrected chi connectivity index (χ3v) is 4.05. The Labute approximate surface area is 130 Å². The Balaban J connectivity index is 1.95. The fourth-order valence-electron chi connectivity index (χ4n) is 2.69. The SMILES string of the molecule is CC1(C)N=C(c2cnc3ccccc3n2)c2n[nH]cc2C1(F)F. The van der Waals surface area contributed by atoms with Crippen LogP contribution in [-0.4, -0.2) is 31.4 Å². The van der Waals surface area contributed by atoms with Crippen LogP contribution in [-0.2, 0) is 5.92 Å². The molecule has 0 unspecified atom stereocenters. The van der Waals surface area contributed by atoms with E-state index in [0.29, 0.717) is 16.9 Å². The van der Waals surface area contributed by atoms with Crippen molar-refractivity contribution in [3.63, 3.8) is 0 Å². The monoisotopic (exact) mass is 313 g/mol. The van der Waals surface area contributed by atoms with Gasteiger partial charge in [0.05, 0.1) is 22.8 Å². The standard InChI is InChI=1S/C16H13F2N5/c1-15(2)16(17,18)9-7-20-23-13(9)14(22-15)12-8-19-10-5-3-4-6-11(10)21-12/h3-8H,1-2H3,(H,20,23). The molecule has 0 spiro atoms. The molecule has 23 heavy (non-hydrogen) atoms. The zero-order valence-corrected chi connectivity index (χ0v) is 12.5. The van der Waals surface area contributed by atoms with Crippen LogP contribution in [0, 0.1) is 0 Å². The van der Waals surface area contributed by atoms with Gasteiger partial charge in [-0.2, -0.15) is 13.9 Å². The van der Waals surface area contributed by atoms with Gasteiger partial charge < -0.3 is 0 Å². The fraction of sp³-hybridized carbons (Fsp3) is 0.250. The van der Waals surface area contributed by atoms with E-state index in [-0.39, 0.29) is 11.3 Å². The number of hydrogen-bond donors (Lipinski definition) is 1. The largest absolute Gasteiger partial charge is 0.300 e. The highest BCUT2D eigenvalue weighted by molar-refractivity contribution is 6.12. The highest BCUT2D eigenvalue weighted by Crippen LogP contribution is 2.45. The first-order valence-corrected chi connectivity index (χ1v) is 7.14. The smallest absolute Gasteiger partial charge is 0.285 e. The number of aromatic nitrogens is 4. The molecule has 7 heteroatoms. The summed E-state index contributed by atoms with van der Waals surface area (Å²) < 4.78 is 29.1. The van der Waals surface area contributed by atoms with Crippen LogP contribution in [0.4, 0.5) is 8.78 Å². The van der Waals surface area contributed by atoms with Gasteiger partial charge >= 0.3 is 5.92 Å². The lowest BCUT2D eigenvalue weighted by molar-refractivity contribution is -0.0681. The lowest BCUT2D eigenvalue weighted by Gasteiger charge is -2.34. The number of para-hydroxylation sites is 2. The van der Waals surface area contributed by atoms with Crippen molar-refractivity contribution >= 4 is 16.7 Å². The van der Waals surface area contributed by atoms with Crippen molar-refractivity contribution in [1.29, 1.82) is 0 Å². The van der Waals surface area contributed by atoms with Crippen LogP contribution in [0.15, 0.2) is 41.7 Å². The summed E-state index contributed by atoms with van der Waals surface area (Å²) in [5.74, 6) is -3.11. The number of halogens is 2. The first-order chi connectivity index (χ1) is 10.9. The molecule has 0 aliphatic carbocycles. The third kappa shape index (κ3) is 1.89. The molecule has 1 aromatic carbocycles. The van der Waals surface area contributed by atoms with Gasteiger partial charge in [0.25, 0.3) is 0 Å². The van der Waals surface area contributed by atoms with Crippen molar-refractivity contribution < 1.29 is 8.78 Å². The van der Waals surface area contributed by atoms with E-state index < -0.39 is 11.5 Å². The first kappa shape index (κ1) is 13.9. The molecule has 3 aromatic rings. The predicted octanol–water partition coefficient (Wildman–Crippen LogP) is 3.07. The van der Waals surface area contributed by atoms with Gasteiger partial charge in [-0.1, -0.05) is 12.1 Å². The van der Waals surface area contributed by atoms with Crippen LogP contribution >= 0.6 is 0 Å². The van der Waals surface area contributed by atoms with Gasteiger partial charge in [0, 0.05) is 6.20 Å². The second-order valence-corrected chi connectivity index (χ2v) is 5.99. The molecule has 116 valence electrons. The number of rotatable bonds is 1. The van der Waals surface area contributed by atoms with Crippen LogP contribution < -0.4 is 0 Å². The number of aromatic amines is 1. The zero-order valence-electron chi connectivity index (χ0n) is 12.5. The van der Waals surface area contributed by atoms with Crippen molar-refractivity contribution in [2.75, 3.05) is 0 Å². The number of fused-ring (bicyclic) bond motifs is 2. The van der Waals surface area contributed by atoms with Crippen molar-refractivity contribution in [2.45, 2.75) is 25.3 Å². The Kier molecular flexibility index (Phi) is 2.67. The molecule has 1 N–H and O–H groups in total. The van der Waals surface area contributed by atoms with Gasteiger partial charge in [-0.3, -0.25) is 15.1 Å². The van der Waals surface area contributed by atoms with Crippen LogP contribution in [0.25, 0.3) is 11.0 Å². The maximum absolute atomic E-state index is 14.5. The minimum atomic E-state index is -3.11. The van der Waals surface area contributed by atoms with E-state index in [0.717, 1.165) is 5.52 Å². The maximum Gasteiger partial charge on any atom is 0.300 e. The van der Waals surface area contributed by atoms with Crippen molar-refractivity contribution in [1.82, 2.24) is 20.2 Å². The summed E-state index contributed by atoms with van der Waals surface area (Å²) >= 11 is 0. The summed E-state index contributed by atoms with van der Waals surface area (Å²) in [5.41, 5.74) is 0.545. The molecule has 2 aromatic heterocycles. The van der Waals surface area contributed by atoms with E-state index in [9.17, 15) is 8.78 Å². The average Bonchev–Trinajstić information content (AvgIpc) is 3.01. The fourth-order valence-corrected chi connectivity index (χ4v) is 2.69. The van der Waals surface area contributed by atoms with E-state index in [2.05, 4.69) is 25.2 Å². The number of nitrogens with one attached hydrogen (secondary N) is 1. The third-order valence-electron chi connectivity index (χ3n) is 4.05. The molecule has 0 radical (unpaired) electrons. The number of H-pyrrole nitrogens is 1. The average molecular weight is 313 g/mol.